The second-order valence-corrected chi connectivity index (χ2v) is 17.3. The predicted molar refractivity (Wildman–Crippen MR) is 269 cm³/mol. The highest BCUT2D eigenvalue weighted by atomic mass is 19.4. The first-order valence-corrected chi connectivity index (χ1v) is 23.3. The molecule has 13 heteroatoms. The highest BCUT2D eigenvalue weighted by Gasteiger charge is 2.39. The molecule has 1 aliphatic rings. The molecule has 2 amide bonds. The highest BCUT2D eigenvalue weighted by molar-refractivity contribution is 6.08. The standard InChI is InChI=1S/C58H51F3N6O4/c1-71-56(70)52(38-48-39-67(40-62-48)57(43-18-8-3-9-19-43,44-20-10-4-11-21-44)45-22-12-5-13-23-45)64-55(69)53(42-16-6-2-7-17-42)66-36-34-65(35-37-66)49-32-30-47(31-33-49)63-54(68)51-25-15-14-24-50(51)41-26-28-46(29-27-41)58(59,60)61/h2-33,39-40,52-53H,34-38H2,1H3,(H,63,68)(H,64,69). The van der Waals surface area contributed by atoms with Gasteiger partial charge in [-0.15, -0.1) is 0 Å². The van der Waals surface area contributed by atoms with Crippen molar-refractivity contribution in [1.29, 1.82) is 0 Å². The van der Waals surface area contributed by atoms with Gasteiger partial charge in [0.15, 0.2) is 0 Å². The number of nitrogens with zero attached hydrogens (tertiary/aromatic N) is 4. The van der Waals surface area contributed by atoms with Crippen LogP contribution in [0.1, 0.15) is 49.9 Å². The number of piperazine rings is 1. The predicted octanol–water partition coefficient (Wildman–Crippen LogP) is 10.4. The van der Waals surface area contributed by atoms with Crippen molar-refractivity contribution in [3.63, 3.8) is 0 Å². The molecule has 1 aromatic heterocycles. The van der Waals surface area contributed by atoms with Crippen LogP contribution in [0, 0.1) is 0 Å². The number of benzene rings is 7. The summed E-state index contributed by atoms with van der Waals surface area (Å²) in [4.78, 5) is 50.9. The first-order chi connectivity index (χ1) is 34.5. The number of carbonyl (C=O) groups excluding carboxylic acids is 3. The molecule has 10 nitrogen and oxygen atoms in total. The molecule has 1 saturated heterocycles. The molecule has 2 heterocycles. The molecule has 2 unspecified atom stereocenters. The zero-order valence-corrected chi connectivity index (χ0v) is 38.9. The second kappa shape index (κ2) is 21.1. The van der Waals surface area contributed by atoms with E-state index >= 15 is 0 Å². The van der Waals surface area contributed by atoms with Gasteiger partial charge in [-0.3, -0.25) is 14.5 Å². The van der Waals surface area contributed by atoms with E-state index < -0.39 is 41.2 Å². The SMILES string of the molecule is COC(=O)C(Cc1cn(C(c2ccccc2)(c2ccccc2)c2ccccc2)cn1)NC(=O)C(c1ccccc1)N1CCN(c2ccc(NC(=O)c3ccccc3-c3ccc(C(F)(F)F)cc3)cc2)CC1. The zero-order chi connectivity index (χ0) is 49.4. The van der Waals surface area contributed by atoms with Gasteiger partial charge in [0.2, 0.25) is 5.91 Å². The average Bonchev–Trinajstić information content (AvgIpc) is 3.88. The van der Waals surface area contributed by atoms with Crippen molar-refractivity contribution in [2.24, 2.45) is 0 Å². The monoisotopic (exact) mass is 952 g/mol. The summed E-state index contributed by atoms with van der Waals surface area (Å²) >= 11 is 0. The first-order valence-electron chi connectivity index (χ1n) is 23.3. The largest absolute Gasteiger partial charge is 0.467 e. The number of ether oxygens (including phenoxy) is 1. The summed E-state index contributed by atoms with van der Waals surface area (Å²) in [5, 5.41) is 5.99. The molecular formula is C58H51F3N6O4. The first kappa shape index (κ1) is 47.8. The van der Waals surface area contributed by atoms with Gasteiger partial charge in [0.25, 0.3) is 5.91 Å². The van der Waals surface area contributed by atoms with Gasteiger partial charge in [-0.2, -0.15) is 13.2 Å². The number of hydrogen-bond acceptors (Lipinski definition) is 7. The van der Waals surface area contributed by atoms with Crippen molar-refractivity contribution in [2.75, 3.05) is 43.5 Å². The lowest BCUT2D eigenvalue weighted by molar-refractivity contribution is -0.145. The second-order valence-electron chi connectivity index (χ2n) is 17.3. The topological polar surface area (TPSA) is 109 Å². The van der Waals surface area contributed by atoms with Crippen molar-refractivity contribution in [3.8, 4) is 11.1 Å². The Hall–Kier alpha value is -8.29. The average molecular weight is 953 g/mol. The number of rotatable bonds is 15. The van der Waals surface area contributed by atoms with Crippen molar-refractivity contribution in [2.45, 2.75) is 30.2 Å². The number of nitrogens with one attached hydrogen (secondary N) is 2. The molecule has 9 rings (SSSR count). The van der Waals surface area contributed by atoms with Crippen LogP contribution in [0.5, 0.6) is 0 Å². The van der Waals surface area contributed by atoms with Crippen LogP contribution in [0.15, 0.2) is 207 Å². The van der Waals surface area contributed by atoms with E-state index in [1.807, 2.05) is 115 Å². The van der Waals surface area contributed by atoms with E-state index in [4.69, 9.17) is 9.72 Å². The van der Waals surface area contributed by atoms with Crippen LogP contribution in [0.25, 0.3) is 11.1 Å². The zero-order valence-electron chi connectivity index (χ0n) is 38.9. The number of halogens is 3. The van der Waals surface area contributed by atoms with E-state index in [2.05, 4.69) is 61.4 Å². The van der Waals surface area contributed by atoms with Crippen molar-refractivity contribution in [1.82, 2.24) is 19.8 Å². The Morgan fingerprint density at radius 1 is 0.634 bits per heavy atom. The molecule has 0 aliphatic carbocycles. The third kappa shape index (κ3) is 10.4. The summed E-state index contributed by atoms with van der Waals surface area (Å²) < 4.78 is 47.0. The Balaban J connectivity index is 0.894. The van der Waals surface area contributed by atoms with Crippen LogP contribution >= 0.6 is 0 Å². The minimum absolute atomic E-state index is 0.0806. The Bertz CT molecular complexity index is 2960. The Morgan fingerprint density at radius 3 is 1.72 bits per heavy atom. The van der Waals surface area contributed by atoms with Crippen molar-refractivity contribution in [3.05, 3.63) is 246 Å². The molecule has 0 radical (unpaired) electrons. The normalized spacial score (nSPS) is 14.0. The van der Waals surface area contributed by atoms with Gasteiger partial charge in [0.1, 0.15) is 17.6 Å². The van der Waals surface area contributed by atoms with E-state index in [9.17, 15) is 27.6 Å². The number of carbonyl (C=O) groups is 3. The summed E-state index contributed by atoms with van der Waals surface area (Å²) in [6.45, 7) is 2.24. The van der Waals surface area contributed by atoms with Crippen LogP contribution < -0.4 is 15.5 Å². The quantitative estimate of drug-likeness (QED) is 0.0778. The number of amides is 2. The number of methoxy groups -OCH3 is 1. The van der Waals surface area contributed by atoms with E-state index in [-0.39, 0.29) is 12.3 Å². The lowest BCUT2D eigenvalue weighted by Gasteiger charge is -2.40. The molecule has 0 spiro atoms. The fourth-order valence-electron chi connectivity index (χ4n) is 9.56. The summed E-state index contributed by atoms with van der Waals surface area (Å²) in [6, 6.07) is 57.4. The van der Waals surface area contributed by atoms with Crippen molar-refractivity contribution < 1.29 is 32.3 Å². The number of esters is 1. The summed E-state index contributed by atoms with van der Waals surface area (Å²) in [7, 11) is 1.31. The van der Waals surface area contributed by atoms with E-state index in [0.29, 0.717) is 54.3 Å². The fourth-order valence-corrected chi connectivity index (χ4v) is 9.56. The molecule has 8 aromatic rings. The van der Waals surface area contributed by atoms with Crippen LogP contribution in [-0.4, -0.2) is 71.6 Å². The number of imidazole rings is 1. The Kier molecular flexibility index (Phi) is 14.2. The Morgan fingerprint density at radius 2 is 1.17 bits per heavy atom. The molecule has 7 aromatic carbocycles. The third-order valence-electron chi connectivity index (χ3n) is 13.0. The maximum Gasteiger partial charge on any atom is 0.416 e. The highest BCUT2D eigenvalue weighted by Crippen LogP contribution is 2.41. The molecular weight excluding hydrogens is 902 g/mol. The minimum atomic E-state index is -4.46. The van der Waals surface area contributed by atoms with Crippen LogP contribution in [0.2, 0.25) is 0 Å². The van der Waals surface area contributed by atoms with Gasteiger partial charge in [-0.25, -0.2) is 9.78 Å². The lowest BCUT2D eigenvalue weighted by atomic mass is 9.77. The molecule has 2 atom stereocenters. The fraction of sp³-hybridized carbons (Fsp3) is 0.172. The molecule has 71 heavy (non-hydrogen) atoms. The van der Waals surface area contributed by atoms with Gasteiger partial charge >= 0.3 is 12.1 Å². The maximum atomic E-state index is 14.6. The van der Waals surface area contributed by atoms with E-state index in [0.717, 1.165) is 40.1 Å². The molecule has 1 fully saturated rings. The molecule has 1 aliphatic heterocycles. The smallest absolute Gasteiger partial charge is 0.416 e. The van der Waals surface area contributed by atoms with E-state index in [1.54, 1.807) is 30.6 Å². The maximum absolute atomic E-state index is 14.6. The van der Waals surface area contributed by atoms with E-state index in [1.165, 1.54) is 19.2 Å². The number of alkyl halides is 3. The molecule has 0 bridgehead atoms. The lowest BCUT2D eigenvalue weighted by Crippen LogP contribution is -2.53. The molecule has 358 valence electrons. The Labute approximate surface area is 410 Å². The van der Waals surface area contributed by atoms with Gasteiger partial charge in [0.05, 0.1) is 24.7 Å². The van der Waals surface area contributed by atoms with Crippen LogP contribution in [-0.2, 0) is 32.5 Å². The number of hydrogen-bond donors (Lipinski definition) is 2. The third-order valence-corrected chi connectivity index (χ3v) is 13.0. The van der Waals surface area contributed by atoms with Crippen LogP contribution in [0.3, 0.4) is 0 Å². The van der Waals surface area contributed by atoms with Crippen LogP contribution in [0.4, 0.5) is 24.5 Å². The minimum Gasteiger partial charge on any atom is -0.467 e. The number of anilines is 2. The summed E-state index contributed by atoms with van der Waals surface area (Å²) in [5.74, 6) is -1.33. The molecule has 2 N–H and O–H groups in total. The van der Waals surface area contributed by atoms with Gasteiger partial charge in [0, 0.05) is 55.7 Å². The van der Waals surface area contributed by atoms with Gasteiger partial charge in [-0.1, -0.05) is 152 Å². The van der Waals surface area contributed by atoms with Crippen molar-refractivity contribution >= 4 is 29.2 Å². The molecule has 0 saturated carbocycles. The number of aromatic nitrogens is 2. The summed E-state index contributed by atoms with van der Waals surface area (Å²) in [5.41, 5.74) is 5.66. The van der Waals surface area contributed by atoms with Gasteiger partial charge in [-0.05, 0) is 75.8 Å². The summed E-state index contributed by atoms with van der Waals surface area (Å²) in [6.07, 6.45) is -0.662. The van der Waals surface area contributed by atoms with Gasteiger partial charge < -0.3 is 24.8 Å².